The lowest BCUT2D eigenvalue weighted by molar-refractivity contribution is -0.144. The number of allylic oxidation sites excluding steroid dienone is 1. The van der Waals surface area contributed by atoms with Gasteiger partial charge in [0.25, 0.3) is 0 Å². The maximum Gasteiger partial charge on any atom is 0.305 e. The van der Waals surface area contributed by atoms with E-state index in [0.29, 0.717) is 26.1 Å². The van der Waals surface area contributed by atoms with E-state index in [-0.39, 0.29) is 11.9 Å². The number of hydrogen-bond acceptors (Lipinski definition) is 4. The van der Waals surface area contributed by atoms with Gasteiger partial charge in [-0.1, -0.05) is 83.8 Å². The minimum absolute atomic E-state index is 0.0508. The van der Waals surface area contributed by atoms with Crippen LogP contribution in [0.15, 0.2) is 12.2 Å². The van der Waals surface area contributed by atoms with E-state index >= 15 is 0 Å². The van der Waals surface area contributed by atoms with E-state index in [1.165, 1.54) is 25.7 Å². The molecule has 0 amide bonds. The van der Waals surface area contributed by atoms with Crippen LogP contribution in [0.25, 0.3) is 0 Å². The lowest BCUT2D eigenvalue weighted by Gasteiger charge is -2.05. The molecule has 0 spiro atoms. The van der Waals surface area contributed by atoms with E-state index in [1.807, 2.05) is 0 Å². The van der Waals surface area contributed by atoms with Gasteiger partial charge in [-0.05, 0) is 32.1 Å². The number of carbonyl (C=O) groups excluding carboxylic acids is 2. The minimum atomic E-state index is -0.0852. The monoisotopic (exact) mass is 396 g/mol. The van der Waals surface area contributed by atoms with Crippen LogP contribution in [0.3, 0.4) is 0 Å². The van der Waals surface area contributed by atoms with Gasteiger partial charge in [-0.3, -0.25) is 9.59 Å². The highest BCUT2D eigenvalue weighted by molar-refractivity contribution is 5.69. The largest absolute Gasteiger partial charge is 0.466 e. The van der Waals surface area contributed by atoms with E-state index in [4.69, 9.17) is 9.47 Å². The molecule has 0 heterocycles. The lowest BCUT2D eigenvalue weighted by atomic mass is 10.1. The first-order valence-electron chi connectivity index (χ1n) is 11.7. The molecule has 0 bridgehead atoms. The fourth-order valence-electron chi connectivity index (χ4n) is 2.98. The molecule has 0 aliphatic heterocycles. The fraction of sp³-hybridized carbons (Fsp3) is 0.833. The highest BCUT2D eigenvalue weighted by Gasteiger charge is 2.04. The Morgan fingerprint density at radius 1 is 0.607 bits per heavy atom. The maximum atomic E-state index is 11.7. The predicted octanol–water partition coefficient (Wildman–Crippen LogP) is 6.91. The van der Waals surface area contributed by atoms with Gasteiger partial charge in [-0.2, -0.15) is 0 Å². The van der Waals surface area contributed by atoms with Crippen molar-refractivity contribution in [3.8, 4) is 0 Å². The Morgan fingerprint density at radius 3 is 1.68 bits per heavy atom. The molecule has 0 N–H and O–H groups in total. The Morgan fingerprint density at radius 2 is 1.11 bits per heavy atom. The van der Waals surface area contributed by atoms with Crippen LogP contribution in [0.1, 0.15) is 117 Å². The molecular formula is C24H44O4. The zero-order chi connectivity index (χ0) is 20.7. The summed E-state index contributed by atoms with van der Waals surface area (Å²) in [6, 6.07) is 0. The molecule has 0 radical (unpaired) electrons. The van der Waals surface area contributed by atoms with Crippen LogP contribution < -0.4 is 0 Å². The standard InChI is InChI=1S/C24H44O4/c1-3-5-7-9-14-18-22-28-24(26)20-16-13-11-10-12-15-19-23(25)27-21-17-8-6-4-2/h6,8H,3-5,7,9-22H2,1-2H3/b8-6+. The number of hydrogen-bond donors (Lipinski definition) is 0. The quantitative estimate of drug-likeness (QED) is 0.127. The normalized spacial score (nSPS) is 11.1. The lowest BCUT2D eigenvalue weighted by Crippen LogP contribution is -2.05. The first kappa shape index (κ1) is 26.7. The molecule has 0 aromatic rings. The third-order valence-corrected chi connectivity index (χ3v) is 4.72. The number of rotatable bonds is 20. The Bertz CT molecular complexity index is 390. The van der Waals surface area contributed by atoms with Crippen LogP contribution in [-0.2, 0) is 19.1 Å². The average molecular weight is 397 g/mol. The number of esters is 2. The van der Waals surface area contributed by atoms with Crippen LogP contribution in [0.5, 0.6) is 0 Å². The van der Waals surface area contributed by atoms with E-state index in [1.54, 1.807) is 0 Å². The van der Waals surface area contributed by atoms with Gasteiger partial charge in [0.1, 0.15) is 0 Å². The van der Waals surface area contributed by atoms with E-state index < -0.39 is 0 Å². The van der Waals surface area contributed by atoms with Crippen molar-refractivity contribution in [3.63, 3.8) is 0 Å². The summed E-state index contributed by atoms with van der Waals surface area (Å²) < 4.78 is 10.5. The molecule has 28 heavy (non-hydrogen) atoms. The second-order valence-electron chi connectivity index (χ2n) is 7.50. The smallest absolute Gasteiger partial charge is 0.305 e. The second-order valence-corrected chi connectivity index (χ2v) is 7.50. The van der Waals surface area contributed by atoms with Crippen molar-refractivity contribution in [3.05, 3.63) is 12.2 Å². The van der Waals surface area contributed by atoms with Crippen molar-refractivity contribution in [2.24, 2.45) is 0 Å². The zero-order valence-corrected chi connectivity index (χ0v) is 18.5. The van der Waals surface area contributed by atoms with Gasteiger partial charge >= 0.3 is 11.9 Å². The fourth-order valence-corrected chi connectivity index (χ4v) is 2.98. The molecule has 0 unspecified atom stereocenters. The molecule has 0 fully saturated rings. The third kappa shape index (κ3) is 21.0. The van der Waals surface area contributed by atoms with Crippen molar-refractivity contribution in [1.82, 2.24) is 0 Å². The van der Waals surface area contributed by atoms with E-state index in [2.05, 4.69) is 26.0 Å². The van der Waals surface area contributed by atoms with Crippen molar-refractivity contribution in [2.45, 2.75) is 117 Å². The minimum Gasteiger partial charge on any atom is -0.466 e. The summed E-state index contributed by atoms with van der Waals surface area (Å²) in [4.78, 5) is 23.2. The predicted molar refractivity (Wildman–Crippen MR) is 116 cm³/mol. The third-order valence-electron chi connectivity index (χ3n) is 4.72. The van der Waals surface area contributed by atoms with Crippen LogP contribution in [0.2, 0.25) is 0 Å². The highest BCUT2D eigenvalue weighted by Crippen LogP contribution is 2.10. The molecule has 164 valence electrons. The van der Waals surface area contributed by atoms with Crippen molar-refractivity contribution in [2.75, 3.05) is 13.2 Å². The molecule has 4 nitrogen and oxygen atoms in total. The van der Waals surface area contributed by atoms with Crippen LogP contribution in [-0.4, -0.2) is 25.2 Å². The molecule has 0 atom stereocenters. The van der Waals surface area contributed by atoms with Gasteiger partial charge < -0.3 is 9.47 Å². The zero-order valence-electron chi connectivity index (χ0n) is 18.5. The number of unbranched alkanes of at least 4 members (excludes halogenated alkanes) is 10. The summed E-state index contributed by atoms with van der Waals surface area (Å²) >= 11 is 0. The van der Waals surface area contributed by atoms with E-state index in [0.717, 1.165) is 64.2 Å². The first-order valence-corrected chi connectivity index (χ1v) is 11.7. The van der Waals surface area contributed by atoms with Gasteiger partial charge in [-0.25, -0.2) is 0 Å². The van der Waals surface area contributed by atoms with Crippen molar-refractivity contribution >= 4 is 11.9 Å². The Balaban J connectivity index is 3.28. The Kier molecular flexibility index (Phi) is 20.9. The topological polar surface area (TPSA) is 52.6 Å². The first-order chi connectivity index (χ1) is 13.7. The summed E-state index contributed by atoms with van der Waals surface area (Å²) in [5, 5.41) is 0. The van der Waals surface area contributed by atoms with Crippen molar-refractivity contribution in [1.29, 1.82) is 0 Å². The summed E-state index contributed by atoms with van der Waals surface area (Å²) in [6.45, 7) is 5.37. The van der Waals surface area contributed by atoms with Crippen LogP contribution in [0, 0.1) is 0 Å². The van der Waals surface area contributed by atoms with Gasteiger partial charge in [0.2, 0.25) is 0 Å². The highest BCUT2D eigenvalue weighted by atomic mass is 16.5. The van der Waals surface area contributed by atoms with Crippen LogP contribution in [0.4, 0.5) is 0 Å². The number of ether oxygens (including phenoxy) is 2. The van der Waals surface area contributed by atoms with Gasteiger partial charge in [-0.15, -0.1) is 0 Å². The van der Waals surface area contributed by atoms with Gasteiger partial charge in [0.15, 0.2) is 0 Å². The molecule has 0 aromatic heterocycles. The second kappa shape index (κ2) is 22.0. The molecule has 4 heteroatoms. The van der Waals surface area contributed by atoms with Crippen LogP contribution >= 0.6 is 0 Å². The summed E-state index contributed by atoms with van der Waals surface area (Å²) in [6.07, 6.45) is 20.4. The van der Waals surface area contributed by atoms with Gasteiger partial charge in [0, 0.05) is 12.8 Å². The Labute approximate surface area is 173 Å². The molecule has 0 aliphatic rings. The average Bonchev–Trinajstić information content (AvgIpc) is 2.69. The molecule has 0 aromatic carbocycles. The maximum absolute atomic E-state index is 11.7. The van der Waals surface area contributed by atoms with Gasteiger partial charge in [0.05, 0.1) is 13.2 Å². The van der Waals surface area contributed by atoms with E-state index in [9.17, 15) is 9.59 Å². The van der Waals surface area contributed by atoms with Crippen molar-refractivity contribution < 1.29 is 19.1 Å². The Hall–Kier alpha value is -1.32. The molecule has 0 rings (SSSR count). The summed E-state index contributed by atoms with van der Waals surface area (Å²) in [7, 11) is 0. The number of carbonyl (C=O) groups is 2. The summed E-state index contributed by atoms with van der Waals surface area (Å²) in [5.41, 5.74) is 0. The SMILES string of the molecule is CC/C=C/CCOC(=O)CCCCCCCCC(=O)OCCCCCCCC. The summed E-state index contributed by atoms with van der Waals surface area (Å²) in [5.74, 6) is -0.136. The molecule has 0 saturated heterocycles. The molecular weight excluding hydrogens is 352 g/mol. The molecule has 0 aliphatic carbocycles. The molecule has 0 saturated carbocycles.